The number of carboxylic acids is 1. The average molecular weight is 314 g/mol. The van der Waals surface area contributed by atoms with Crippen molar-refractivity contribution in [3.8, 4) is 0 Å². The number of carboxylic acid groups (broad SMARTS) is 1. The Bertz CT molecular complexity index is 615. The van der Waals surface area contributed by atoms with Crippen LogP contribution in [0.1, 0.15) is 38.5 Å². The van der Waals surface area contributed by atoms with E-state index in [0.29, 0.717) is 12.8 Å². The second-order valence-corrected chi connectivity index (χ2v) is 7.81. The van der Waals surface area contributed by atoms with Gasteiger partial charge in [-0.1, -0.05) is 19.3 Å². The summed E-state index contributed by atoms with van der Waals surface area (Å²) in [5, 5.41) is 9.19. The highest BCUT2D eigenvalue weighted by Gasteiger charge is 2.44. The highest BCUT2D eigenvalue weighted by atomic mass is 32.2. The van der Waals surface area contributed by atoms with Gasteiger partial charge in [-0.2, -0.15) is 4.31 Å². The van der Waals surface area contributed by atoms with E-state index in [9.17, 15) is 18.3 Å². The monoisotopic (exact) mass is 314 g/mol. The molecule has 7 heteroatoms. The Hall–Kier alpha value is -1.34. The van der Waals surface area contributed by atoms with Crippen molar-refractivity contribution in [2.75, 3.05) is 7.05 Å². The number of hydrogen-bond acceptors (Lipinski definition) is 3. The summed E-state index contributed by atoms with van der Waals surface area (Å²) in [4.78, 5) is 11.4. The van der Waals surface area contributed by atoms with Crippen molar-refractivity contribution in [1.82, 2.24) is 8.87 Å². The molecule has 2 rings (SSSR count). The van der Waals surface area contributed by atoms with Crippen LogP contribution in [0.15, 0.2) is 23.4 Å². The maximum atomic E-state index is 12.8. The van der Waals surface area contributed by atoms with Crippen LogP contribution in [0.2, 0.25) is 0 Å². The van der Waals surface area contributed by atoms with Crippen LogP contribution in [-0.2, 0) is 21.9 Å². The van der Waals surface area contributed by atoms with E-state index < -0.39 is 21.5 Å². The molecule has 0 aromatic carbocycles. The van der Waals surface area contributed by atoms with Gasteiger partial charge in [-0.15, -0.1) is 0 Å². The number of carbonyl (C=O) groups is 1. The van der Waals surface area contributed by atoms with E-state index in [1.807, 2.05) is 0 Å². The minimum Gasteiger partial charge on any atom is -0.481 e. The number of aliphatic carboxylic acids is 1. The van der Waals surface area contributed by atoms with Gasteiger partial charge in [-0.05, 0) is 18.9 Å². The van der Waals surface area contributed by atoms with Crippen LogP contribution in [-0.4, -0.2) is 41.0 Å². The number of rotatable bonds is 5. The molecule has 118 valence electrons. The van der Waals surface area contributed by atoms with Gasteiger partial charge in [0.05, 0.1) is 11.3 Å². The van der Waals surface area contributed by atoms with Crippen molar-refractivity contribution >= 4 is 16.0 Å². The van der Waals surface area contributed by atoms with Gasteiger partial charge in [0.2, 0.25) is 10.0 Å². The molecule has 0 bridgehead atoms. The van der Waals surface area contributed by atoms with Crippen LogP contribution in [0.5, 0.6) is 0 Å². The molecule has 0 radical (unpaired) electrons. The molecule has 6 nitrogen and oxygen atoms in total. The maximum Gasteiger partial charge on any atom is 0.305 e. The van der Waals surface area contributed by atoms with Crippen molar-refractivity contribution in [2.45, 2.75) is 49.0 Å². The van der Waals surface area contributed by atoms with Gasteiger partial charge >= 0.3 is 5.97 Å². The van der Waals surface area contributed by atoms with Gasteiger partial charge in [0, 0.05) is 32.0 Å². The summed E-state index contributed by atoms with van der Waals surface area (Å²) in [5.41, 5.74) is -0.807. The lowest BCUT2D eigenvalue weighted by Gasteiger charge is -2.42. The quantitative estimate of drug-likeness (QED) is 0.899. The molecular weight excluding hydrogens is 292 g/mol. The topological polar surface area (TPSA) is 79.6 Å². The van der Waals surface area contributed by atoms with Crippen molar-refractivity contribution < 1.29 is 18.3 Å². The largest absolute Gasteiger partial charge is 0.481 e. The molecule has 1 N–H and O–H groups in total. The Morgan fingerprint density at radius 2 is 2.00 bits per heavy atom. The number of sulfonamides is 1. The fourth-order valence-electron chi connectivity index (χ4n) is 3.14. The number of aromatic nitrogens is 1. The molecule has 1 aliphatic rings. The lowest BCUT2D eigenvalue weighted by molar-refractivity contribution is -0.140. The SMILES string of the molecule is CN(C1(CC(=O)O)CCCCC1)S(=O)(=O)c1ccn(C)c1. The van der Waals surface area contributed by atoms with Crippen molar-refractivity contribution in [3.05, 3.63) is 18.5 Å². The molecule has 1 fully saturated rings. The van der Waals surface area contributed by atoms with E-state index in [-0.39, 0.29) is 11.3 Å². The van der Waals surface area contributed by atoms with Gasteiger partial charge in [0.25, 0.3) is 0 Å². The smallest absolute Gasteiger partial charge is 0.305 e. The first kappa shape index (κ1) is 16.0. The van der Waals surface area contributed by atoms with Crippen molar-refractivity contribution in [1.29, 1.82) is 0 Å². The van der Waals surface area contributed by atoms with Crippen LogP contribution in [0, 0.1) is 0 Å². The zero-order valence-corrected chi connectivity index (χ0v) is 13.3. The van der Waals surface area contributed by atoms with E-state index >= 15 is 0 Å². The van der Waals surface area contributed by atoms with Crippen LogP contribution < -0.4 is 0 Å². The Labute approximate surface area is 125 Å². The third kappa shape index (κ3) is 3.13. The Balaban J connectivity index is 2.37. The molecule has 0 spiro atoms. The number of nitrogens with zero attached hydrogens (tertiary/aromatic N) is 2. The lowest BCUT2D eigenvalue weighted by Crippen LogP contribution is -2.51. The summed E-state index contributed by atoms with van der Waals surface area (Å²) in [7, 11) is -0.406. The van der Waals surface area contributed by atoms with Crippen LogP contribution in [0.25, 0.3) is 0 Å². The molecule has 0 saturated heterocycles. The molecule has 1 saturated carbocycles. The Morgan fingerprint density at radius 1 is 1.38 bits per heavy atom. The summed E-state index contributed by atoms with van der Waals surface area (Å²) in [6.07, 6.45) is 7.03. The van der Waals surface area contributed by atoms with Gasteiger partial charge < -0.3 is 9.67 Å². The van der Waals surface area contributed by atoms with E-state index in [1.165, 1.54) is 11.4 Å². The number of aryl methyl sites for hydroxylation is 1. The lowest BCUT2D eigenvalue weighted by atomic mass is 9.79. The summed E-state index contributed by atoms with van der Waals surface area (Å²) >= 11 is 0. The highest BCUT2D eigenvalue weighted by Crippen LogP contribution is 2.38. The van der Waals surface area contributed by atoms with Crippen molar-refractivity contribution in [2.24, 2.45) is 7.05 Å². The number of hydrogen-bond donors (Lipinski definition) is 1. The standard InChI is InChI=1S/C14H22N2O4S/c1-15-9-6-12(11-15)21(19,20)16(2)14(10-13(17)18)7-4-3-5-8-14/h6,9,11H,3-5,7-8,10H2,1-2H3,(H,17,18). The minimum absolute atomic E-state index is 0.143. The normalized spacial score (nSPS) is 18.8. The zero-order chi connectivity index (χ0) is 15.7. The second kappa shape index (κ2) is 5.81. The molecule has 1 aromatic rings. The Kier molecular flexibility index (Phi) is 4.43. The highest BCUT2D eigenvalue weighted by molar-refractivity contribution is 7.89. The summed E-state index contributed by atoms with van der Waals surface area (Å²) < 4.78 is 28.5. The molecule has 0 unspecified atom stereocenters. The molecular formula is C14H22N2O4S. The van der Waals surface area contributed by atoms with Crippen LogP contribution in [0.3, 0.4) is 0 Å². The molecule has 1 aliphatic carbocycles. The molecule has 1 heterocycles. The predicted octanol–water partition coefficient (Wildman–Crippen LogP) is 1.82. The molecule has 1 aromatic heterocycles. The van der Waals surface area contributed by atoms with Crippen molar-refractivity contribution in [3.63, 3.8) is 0 Å². The minimum atomic E-state index is -3.67. The first-order valence-electron chi connectivity index (χ1n) is 7.11. The summed E-state index contributed by atoms with van der Waals surface area (Å²) in [6.45, 7) is 0. The van der Waals surface area contributed by atoms with Crippen LogP contribution >= 0.6 is 0 Å². The van der Waals surface area contributed by atoms with Gasteiger partial charge in [-0.3, -0.25) is 4.79 Å². The summed E-state index contributed by atoms with van der Waals surface area (Å²) in [5.74, 6) is -0.952. The first-order valence-corrected chi connectivity index (χ1v) is 8.55. The summed E-state index contributed by atoms with van der Waals surface area (Å²) in [6, 6.07) is 1.54. The molecule has 21 heavy (non-hydrogen) atoms. The maximum absolute atomic E-state index is 12.8. The van der Waals surface area contributed by atoms with E-state index in [0.717, 1.165) is 19.3 Å². The van der Waals surface area contributed by atoms with E-state index in [1.54, 1.807) is 30.1 Å². The van der Waals surface area contributed by atoms with Gasteiger partial charge in [0.1, 0.15) is 0 Å². The Morgan fingerprint density at radius 3 is 2.48 bits per heavy atom. The van der Waals surface area contributed by atoms with Gasteiger partial charge in [0.15, 0.2) is 0 Å². The predicted molar refractivity (Wildman–Crippen MR) is 78.4 cm³/mol. The van der Waals surface area contributed by atoms with Gasteiger partial charge in [-0.25, -0.2) is 8.42 Å². The second-order valence-electron chi connectivity index (χ2n) is 5.84. The van der Waals surface area contributed by atoms with E-state index in [4.69, 9.17) is 0 Å². The average Bonchev–Trinajstić information content (AvgIpc) is 2.85. The van der Waals surface area contributed by atoms with E-state index in [2.05, 4.69) is 0 Å². The fourth-order valence-corrected chi connectivity index (χ4v) is 4.74. The third-order valence-electron chi connectivity index (χ3n) is 4.40. The molecule has 0 atom stereocenters. The van der Waals surface area contributed by atoms with Crippen LogP contribution in [0.4, 0.5) is 0 Å². The zero-order valence-electron chi connectivity index (χ0n) is 12.4. The molecule has 0 amide bonds. The first-order chi connectivity index (χ1) is 9.78. The third-order valence-corrected chi connectivity index (χ3v) is 6.34. The molecule has 0 aliphatic heterocycles. The fraction of sp³-hybridized carbons (Fsp3) is 0.643.